The van der Waals surface area contributed by atoms with E-state index in [2.05, 4.69) is 26.0 Å². The summed E-state index contributed by atoms with van der Waals surface area (Å²) in [6.45, 7) is 4.78. The second kappa shape index (κ2) is 10.9. The minimum atomic E-state index is -0.671. The van der Waals surface area contributed by atoms with Crippen LogP contribution in [0.25, 0.3) is 10.9 Å². The quantitative estimate of drug-likeness (QED) is 0.176. The van der Waals surface area contributed by atoms with Crippen LogP contribution in [-0.2, 0) is 9.53 Å². The number of nitro benzene ring substituents is 1. The highest BCUT2D eigenvalue weighted by Gasteiger charge is 2.23. The Labute approximate surface area is 202 Å². The van der Waals surface area contributed by atoms with Gasteiger partial charge < -0.3 is 14.2 Å². The third-order valence-corrected chi connectivity index (χ3v) is 4.98. The van der Waals surface area contributed by atoms with Crippen LogP contribution in [0.4, 0.5) is 5.69 Å². The summed E-state index contributed by atoms with van der Waals surface area (Å²) in [6, 6.07) is 7.81. The maximum Gasteiger partial charge on any atom is 0.344 e. The number of halogens is 1. The lowest BCUT2D eigenvalue weighted by atomic mass is 10.2. The lowest BCUT2D eigenvalue weighted by Crippen LogP contribution is -2.20. The fraction of sp³-hybridized carbons (Fsp3) is 0.273. The molecule has 0 N–H and O–H groups in total. The third kappa shape index (κ3) is 5.57. The molecular weight excluding hydrogens is 512 g/mol. The second-order valence-electron chi connectivity index (χ2n) is 6.83. The number of hydrogen-bond donors (Lipinski definition) is 0. The van der Waals surface area contributed by atoms with Crippen molar-refractivity contribution in [2.75, 3.05) is 19.8 Å². The number of nitrogens with zero attached hydrogens (tertiary/aromatic N) is 4. The van der Waals surface area contributed by atoms with E-state index in [0.717, 1.165) is 4.68 Å². The zero-order chi connectivity index (χ0) is 24.8. The van der Waals surface area contributed by atoms with E-state index in [1.54, 1.807) is 39.0 Å². The van der Waals surface area contributed by atoms with Crippen LogP contribution >= 0.6 is 15.9 Å². The van der Waals surface area contributed by atoms with Crippen molar-refractivity contribution in [2.24, 2.45) is 5.10 Å². The highest BCUT2D eigenvalue weighted by molar-refractivity contribution is 9.10. The fourth-order valence-corrected chi connectivity index (χ4v) is 3.44. The molecule has 11 nitrogen and oxygen atoms in total. The Morgan fingerprint density at radius 3 is 2.68 bits per heavy atom. The molecule has 0 fully saturated rings. The lowest BCUT2D eigenvalue weighted by Gasteiger charge is -2.12. The molecule has 12 heteroatoms. The molecule has 0 spiro atoms. The van der Waals surface area contributed by atoms with Gasteiger partial charge in [-0.3, -0.25) is 14.9 Å². The van der Waals surface area contributed by atoms with Crippen molar-refractivity contribution >= 4 is 44.7 Å². The van der Waals surface area contributed by atoms with Crippen molar-refractivity contribution in [1.82, 2.24) is 9.66 Å². The van der Waals surface area contributed by atoms with Gasteiger partial charge in [0.2, 0.25) is 5.75 Å². The first-order chi connectivity index (χ1) is 16.2. The largest absolute Gasteiger partial charge is 0.490 e. The standard InChI is InChI=1S/C22H21BrN4O7/c1-4-32-19-9-14(8-18(27(30)31)21(19)34-12-20(28)33-5-2)11-24-26-13(3)25-17-7-6-15(23)10-16(17)22(26)29/h6-11H,4-5,12H2,1-3H3. The Balaban J connectivity index is 2.04. The SMILES string of the molecule is CCOC(=O)COc1c(OCC)cc(C=Nn2c(C)nc3ccc(Br)cc3c2=O)cc1[N+](=O)[O-]. The maximum atomic E-state index is 12.9. The van der Waals surface area contributed by atoms with E-state index in [0.29, 0.717) is 21.2 Å². The van der Waals surface area contributed by atoms with E-state index in [-0.39, 0.29) is 30.3 Å². The minimum Gasteiger partial charge on any atom is -0.490 e. The van der Waals surface area contributed by atoms with Crippen LogP contribution in [-0.4, -0.2) is 46.6 Å². The average molecular weight is 533 g/mol. The molecule has 1 aromatic heterocycles. The van der Waals surface area contributed by atoms with Gasteiger partial charge in [-0.15, -0.1) is 0 Å². The lowest BCUT2D eigenvalue weighted by molar-refractivity contribution is -0.385. The molecule has 0 atom stereocenters. The molecule has 34 heavy (non-hydrogen) atoms. The van der Waals surface area contributed by atoms with Crippen molar-refractivity contribution in [2.45, 2.75) is 20.8 Å². The first kappa shape index (κ1) is 24.8. The number of carbonyl (C=O) groups excluding carboxylic acids is 1. The van der Waals surface area contributed by atoms with E-state index in [9.17, 15) is 19.7 Å². The molecule has 0 radical (unpaired) electrons. The van der Waals surface area contributed by atoms with Gasteiger partial charge in [-0.25, -0.2) is 9.78 Å². The van der Waals surface area contributed by atoms with E-state index >= 15 is 0 Å². The second-order valence-corrected chi connectivity index (χ2v) is 7.75. The number of aromatic nitrogens is 2. The molecule has 2 aromatic carbocycles. The van der Waals surface area contributed by atoms with Crippen LogP contribution in [0.5, 0.6) is 11.5 Å². The molecule has 0 unspecified atom stereocenters. The molecule has 0 saturated carbocycles. The van der Waals surface area contributed by atoms with Gasteiger partial charge in [0.15, 0.2) is 12.4 Å². The van der Waals surface area contributed by atoms with E-state index in [1.165, 1.54) is 18.3 Å². The molecule has 0 aliphatic rings. The maximum absolute atomic E-state index is 12.9. The van der Waals surface area contributed by atoms with Gasteiger partial charge in [-0.05, 0) is 45.0 Å². The van der Waals surface area contributed by atoms with Crippen LogP contribution in [0, 0.1) is 17.0 Å². The molecule has 3 aromatic rings. The number of aryl methyl sites for hydroxylation is 1. The number of ether oxygens (including phenoxy) is 3. The molecule has 0 aliphatic heterocycles. The monoisotopic (exact) mass is 532 g/mol. The van der Waals surface area contributed by atoms with E-state index in [1.807, 2.05) is 0 Å². The minimum absolute atomic E-state index is 0.0482. The molecule has 178 valence electrons. The Bertz CT molecular complexity index is 1340. The average Bonchev–Trinajstić information content (AvgIpc) is 2.79. The first-order valence-corrected chi connectivity index (χ1v) is 11.0. The summed E-state index contributed by atoms with van der Waals surface area (Å²) in [6.07, 6.45) is 1.28. The smallest absolute Gasteiger partial charge is 0.344 e. The van der Waals surface area contributed by atoms with Gasteiger partial charge >= 0.3 is 11.7 Å². The Hall–Kier alpha value is -3.80. The zero-order valence-electron chi connectivity index (χ0n) is 18.6. The molecule has 0 bridgehead atoms. The van der Waals surface area contributed by atoms with Crippen molar-refractivity contribution in [3.63, 3.8) is 0 Å². The normalized spacial score (nSPS) is 11.1. The summed E-state index contributed by atoms with van der Waals surface area (Å²) in [7, 11) is 0. The summed E-state index contributed by atoms with van der Waals surface area (Å²) in [5.74, 6) is -0.491. The zero-order valence-corrected chi connectivity index (χ0v) is 20.2. The number of hydrogen-bond acceptors (Lipinski definition) is 9. The molecular formula is C22H21BrN4O7. The predicted octanol–water partition coefficient (Wildman–Crippen LogP) is 3.60. The van der Waals surface area contributed by atoms with Gasteiger partial charge in [0, 0.05) is 16.1 Å². The topological polar surface area (TPSA) is 135 Å². The van der Waals surface area contributed by atoms with Gasteiger partial charge in [-0.2, -0.15) is 9.78 Å². The summed E-state index contributed by atoms with van der Waals surface area (Å²) in [4.78, 5) is 40.0. The number of nitro groups is 1. The summed E-state index contributed by atoms with van der Waals surface area (Å²) >= 11 is 3.33. The number of rotatable bonds is 9. The van der Waals surface area contributed by atoms with Crippen molar-refractivity contribution in [1.29, 1.82) is 0 Å². The highest BCUT2D eigenvalue weighted by Crippen LogP contribution is 2.38. The van der Waals surface area contributed by atoms with Crippen molar-refractivity contribution in [3.8, 4) is 11.5 Å². The first-order valence-electron chi connectivity index (χ1n) is 10.2. The van der Waals surface area contributed by atoms with Crippen molar-refractivity contribution in [3.05, 3.63) is 66.7 Å². The van der Waals surface area contributed by atoms with Crippen LogP contribution in [0.15, 0.2) is 44.7 Å². The molecule has 0 aliphatic carbocycles. The van der Waals surface area contributed by atoms with Crippen LogP contribution < -0.4 is 15.0 Å². The van der Waals surface area contributed by atoms with Crippen LogP contribution in [0.1, 0.15) is 25.2 Å². The fourth-order valence-electron chi connectivity index (χ4n) is 3.08. The van der Waals surface area contributed by atoms with Gasteiger partial charge in [0.05, 0.1) is 35.3 Å². The van der Waals surface area contributed by atoms with Crippen LogP contribution in [0.2, 0.25) is 0 Å². The van der Waals surface area contributed by atoms with Gasteiger partial charge in [0.25, 0.3) is 5.56 Å². The number of fused-ring (bicyclic) bond motifs is 1. The Morgan fingerprint density at radius 2 is 2.00 bits per heavy atom. The Morgan fingerprint density at radius 1 is 1.24 bits per heavy atom. The highest BCUT2D eigenvalue weighted by atomic mass is 79.9. The van der Waals surface area contributed by atoms with Gasteiger partial charge in [-0.1, -0.05) is 15.9 Å². The number of esters is 1. The van der Waals surface area contributed by atoms with Crippen molar-refractivity contribution < 1.29 is 23.9 Å². The van der Waals surface area contributed by atoms with E-state index < -0.39 is 28.7 Å². The summed E-state index contributed by atoms with van der Waals surface area (Å²) in [5.41, 5.74) is -0.0240. The molecule has 3 rings (SSSR count). The van der Waals surface area contributed by atoms with Gasteiger partial charge in [0.1, 0.15) is 5.82 Å². The predicted molar refractivity (Wildman–Crippen MR) is 128 cm³/mol. The number of carbonyl (C=O) groups is 1. The Kier molecular flexibility index (Phi) is 7.95. The molecule has 1 heterocycles. The molecule has 0 amide bonds. The summed E-state index contributed by atoms with van der Waals surface area (Å²) < 4.78 is 17.5. The molecule has 0 saturated heterocycles. The van der Waals surface area contributed by atoms with Crippen LogP contribution in [0.3, 0.4) is 0 Å². The van der Waals surface area contributed by atoms with E-state index in [4.69, 9.17) is 14.2 Å². The summed E-state index contributed by atoms with van der Waals surface area (Å²) in [5, 5.41) is 16.3. The third-order valence-electron chi connectivity index (χ3n) is 4.49. The number of benzene rings is 2.